The molecule has 3 unspecified atom stereocenters. The molecule has 0 aromatic heterocycles. The van der Waals surface area contributed by atoms with E-state index in [0.29, 0.717) is 5.41 Å². The molecule has 2 aliphatic rings. The Labute approximate surface area is 112 Å². The molecule has 0 radical (unpaired) electrons. The molecule has 100 valence electrons. The van der Waals surface area contributed by atoms with E-state index in [2.05, 4.69) is 37.8 Å². The SMILES string of the molecule is CC1CCCC(NC2CSCC(C)(C)C2)CC1. The van der Waals surface area contributed by atoms with Crippen molar-refractivity contribution in [3.63, 3.8) is 0 Å². The van der Waals surface area contributed by atoms with Crippen LogP contribution in [0.4, 0.5) is 0 Å². The Balaban J connectivity index is 1.79. The van der Waals surface area contributed by atoms with E-state index in [-0.39, 0.29) is 0 Å². The minimum absolute atomic E-state index is 0.540. The molecule has 3 atom stereocenters. The summed E-state index contributed by atoms with van der Waals surface area (Å²) in [5, 5.41) is 3.95. The average Bonchev–Trinajstić information content (AvgIpc) is 2.42. The third-order valence-electron chi connectivity index (χ3n) is 4.34. The molecule has 0 bridgehead atoms. The largest absolute Gasteiger partial charge is 0.310 e. The highest BCUT2D eigenvalue weighted by molar-refractivity contribution is 7.99. The van der Waals surface area contributed by atoms with Crippen molar-refractivity contribution in [2.24, 2.45) is 11.3 Å². The summed E-state index contributed by atoms with van der Waals surface area (Å²) in [7, 11) is 0. The summed E-state index contributed by atoms with van der Waals surface area (Å²) in [6, 6.07) is 1.57. The van der Waals surface area contributed by atoms with Crippen LogP contribution in [-0.2, 0) is 0 Å². The van der Waals surface area contributed by atoms with Crippen LogP contribution in [0.25, 0.3) is 0 Å². The summed E-state index contributed by atoms with van der Waals surface area (Å²) >= 11 is 2.14. The second-order valence-corrected chi connectivity index (χ2v) is 8.09. The Morgan fingerprint density at radius 2 is 1.88 bits per heavy atom. The van der Waals surface area contributed by atoms with Gasteiger partial charge >= 0.3 is 0 Å². The zero-order chi connectivity index (χ0) is 12.3. The van der Waals surface area contributed by atoms with Gasteiger partial charge in [-0.25, -0.2) is 0 Å². The number of hydrogen-bond acceptors (Lipinski definition) is 2. The highest BCUT2D eigenvalue weighted by Gasteiger charge is 2.29. The van der Waals surface area contributed by atoms with Crippen LogP contribution < -0.4 is 5.32 Å². The van der Waals surface area contributed by atoms with Gasteiger partial charge in [0.05, 0.1) is 0 Å². The van der Waals surface area contributed by atoms with Gasteiger partial charge in [-0.05, 0) is 42.8 Å². The van der Waals surface area contributed by atoms with E-state index in [9.17, 15) is 0 Å². The molecule has 2 heteroatoms. The minimum Gasteiger partial charge on any atom is -0.310 e. The quantitative estimate of drug-likeness (QED) is 0.746. The lowest BCUT2D eigenvalue weighted by Gasteiger charge is -2.37. The minimum atomic E-state index is 0.540. The van der Waals surface area contributed by atoms with E-state index < -0.39 is 0 Å². The normalized spacial score (nSPS) is 38.6. The van der Waals surface area contributed by atoms with Crippen LogP contribution in [0, 0.1) is 11.3 Å². The first-order chi connectivity index (χ1) is 8.05. The van der Waals surface area contributed by atoms with Gasteiger partial charge < -0.3 is 5.32 Å². The molecule has 2 fully saturated rings. The maximum absolute atomic E-state index is 3.95. The first kappa shape index (κ1) is 13.7. The van der Waals surface area contributed by atoms with Gasteiger partial charge in [-0.2, -0.15) is 11.8 Å². The van der Waals surface area contributed by atoms with E-state index in [1.165, 1.54) is 50.0 Å². The van der Waals surface area contributed by atoms with Gasteiger partial charge in [0.25, 0.3) is 0 Å². The molecular formula is C15H29NS. The summed E-state index contributed by atoms with van der Waals surface area (Å²) in [4.78, 5) is 0. The highest BCUT2D eigenvalue weighted by Crippen LogP contribution is 2.34. The molecule has 0 spiro atoms. The predicted octanol–water partition coefficient (Wildman–Crippen LogP) is 4.08. The van der Waals surface area contributed by atoms with Crippen molar-refractivity contribution < 1.29 is 0 Å². The van der Waals surface area contributed by atoms with Gasteiger partial charge in [-0.3, -0.25) is 0 Å². The van der Waals surface area contributed by atoms with Gasteiger partial charge in [-0.15, -0.1) is 0 Å². The molecule has 1 saturated carbocycles. The standard InChI is InChI=1S/C15H29NS/c1-12-5-4-6-13(8-7-12)16-14-9-15(2,3)11-17-10-14/h12-14,16H,4-11H2,1-3H3. The van der Waals surface area contributed by atoms with Crippen molar-refractivity contribution >= 4 is 11.8 Å². The second kappa shape index (κ2) is 5.97. The molecule has 1 saturated heterocycles. The van der Waals surface area contributed by atoms with Crippen molar-refractivity contribution in [1.82, 2.24) is 5.32 Å². The second-order valence-electron chi connectivity index (χ2n) is 7.06. The van der Waals surface area contributed by atoms with E-state index in [1.807, 2.05) is 0 Å². The molecule has 17 heavy (non-hydrogen) atoms. The fraction of sp³-hybridized carbons (Fsp3) is 1.00. The Morgan fingerprint density at radius 3 is 2.65 bits per heavy atom. The van der Waals surface area contributed by atoms with Gasteiger partial charge in [-0.1, -0.05) is 33.6 Å². The van der Waals surface area contributed by atoms with Crippen LogP contribution in [0.3, 0.4) is 0 Å². The average molecular weight is 255 g/mol. The monoisotopic (exact) mass is 255 g/mol. The summed E-state index contributed by atoms with van der Waals surface area (Å²) in [6.45, 7) is 7.26. The number of rotatable bonds is 2. The lowest BCUT2D eigenvalue weighted by molar-refractivity contribution is 0.290. The maximum atomic E-state index is 3.95. The first-order valence-corrected chi connectivity index (χ1v) is 8.54. The van der Waals surface area contributed by atoms with Gasteiger partial charge in [0.1, 0.15) is 0 Å². The fourth-order valence-electron chi connectivity index (χ4n) is 3.36. The molecular weight excluding hydrogens is 226 g/mol. The Bertz CT molecular complexity index is 239. The summed E-state index contributed by atoms with van der Waals surface area (Å²) in [5.74, 6) is 3.63. The predicted molar refractivity (Wildman–Crippen MR) is 78.7 cm³/mol. The smallest absolute Gasteiger partial charge is 0.0166 e. The number of thioether (sulfide) groups is 1. The Hall–Kier alpha value is 0.310. The third-order valence-corrected chi connectivity index (χ3v) is 5.96. The van der Waals surface area contributed by atoms with Crippen LogP contribution in [0.15, 0.2) is 0 Å². The maximum Gasteiger partial charge on any atom is 0.0166 e. The lowest BCUT2D eigenvalue weighted by atomic mass is 9.87. The van der Waals surface area contributed by atoms with Crippen molar-refractivity contribution in [3.05, 3.63) is 0 Å². The molecule has 1 nitrogen and oxygen atoms in total. The molecule has 1 N–H and O–H groups in total. The molecule has 0 amide bonds. The molecule has 1 aliphatic carbocycles. The van der Waals surface area contributed by atoms with Crippen LogP contribution >= 0.6 is 11.8 Å². The van der Waals surface area contributed by atoms with E-state index >= 15 is 0 Å². The number of hydrogen-bond donors (Lipinski definition) is 1. The van der Waals surface area contributed by atoms with Gasteiger partial charge in [0.15, 0.2) is 0 Å². The van der Waals surface area contributed by atoms with E-state index in [4.69, 9.17) is 0 Å². The molecule has 0 aromatic carbocycles. The zero-order valence-electron chi connectivity index (χ0n) is 11.8. The van der Waals surface area contributed by atoms with E-state index in [1.54, 1.807) is 0 Å². The van der Waals surface area contributed by atoms with Crippen LogP contribution in [0.2, 0.25) is 0 Å². The molecule has 1 heterocycles. The topological polar surface area (TPSA) is 12.0 Å². The van der Waals surface area contributed by atoms with Crippen molar-refractivity contribution in [3.8, 4) is 0 Å². The van der Waals surface area contributed by atoms with Crippen molar-refractivity contribution in [2.45, 2.75) is 71.4 Å². The summed E-state index contributed by atoms with van der Waals surface area (Å²) in [5.41, 5.74) is 0.540. The summed E-state index contributed by atoms with van der Waals surface area (Å²) < 4.78 is 0. The molecule has 0 aromatic rings. The fourth-order valence-corrected chi connectivity index (χ4v) is 4.64. The Kier molecular flexibility index (Phi) is 4.82. The zero-order valence-corrected chi connectivity index (χ0v) is 12.6. The lowest BCUT2D eigenvalue weighted by Crippen LogP contribution is -2.45. The van der Waals surface area contributed by atoms with Crippen LogP contribution in [0.5, 0.6) is 0 Å². The van der Waals surface area contributed by atoms with E-state index in [0.717, 1.165) is 18.0 Å². The molecule has 2 rings (SSSR count). The molecule has 1 aliphatic heterocycles. The highest BCUT2D eigenvalue weighted by atomic mass is 32.2. The Morgan fingerprint density at radius 1 is 1.06 bits per heavy atom. The number of nitrogens with one attached hydrogen (secondary N) is 1. The summed E-state index contributed by atoms with van der Waals surface area (Å²) in [6.07, 6.45) is 8.49. The van der Waals surface area contributed by atoms with Crippen molar-refractivity contribution in [1.29, 1.82) is 0 Å². The van der Waals surface area contributed by atoms with Crippen molar-refractivity contribution in [2.75, 3.05) is 11.5 Å². The first-order valence-electron chi connectivity index (χ1n) is 7.39. The van der Waals surface area contributed by atoms with Gasteiger partial charge in [0.2, 0.25) is 0 Å². The van der Waals surface area contributed by atoms with Crippen LogP contribution in [0.1, 0.15) is 59.3 Å². The van der Waals surface area contributed by atoms with Crippen LogP contribution in [-0.4, -0.2) is 23.6 Å². The third kappa shape index (κ3) is 4.48. The van der Waals surface area contributed by atoms with Gasteiger partial charge in [0, 0.05) is 17.8 Å².